The average Bonchev–Trinajstić information content (AvgIpc) is 2.81. The van der Waals surface area contributed by atoms with Crippen molar-refractivity contribution in [3.05, 3.63) is 35.9 Å². The Bertz CT molecular complexity index is 286. The maximum atomic E-state index is 3.43. The van der Waals surface area contributed by atoms with Crippen molar-refractivity contribution in [3.8, 4) is 0 Å². The normalized spacial score (nSPS) is 20.7. The molecular formula is C11H18B2N2. The van der Waals surface area contributed by atoms with Gasteiger partial charge >= 0.3 is 0 Å². The molecule has 2 nitrogen and oxygen atoms in total. The first-order valence-corrected chi connectivity index (χ1v) is 5.89. The van der Waals surface area contributed by atoms with Gasteiger partial charge in [-0.25, -0.2) is 0 Å². The molecule has 1 fully saturated rings. The smallest absolute Gasteiger partial charge is 0.162 e. The van der Waals surface area contributed by atoms with Crippen LogP contribution in [0.4, 0.5) is 0 Å². The number of nitrogens with one attached hydrogen (secondary N) is 1. The molecule has 4 heteroatoms. The van der Waals surface area contributed by atoms with Crippen molar-refractivity contribution in [2.24, 2.45) is 0 Å². The summed E-state index contributed by atoms with van der Waals surface area (Å²) in [6, 6.07) is 11.5. The average molecular weight is 200 g/mol. The largest absolute Gasteiger partial charge is 0.346 e. The van der Waals surface area contributed by atoms with E-state index in [9.17, 15) is 0 Å². The highest BCUT2D eigenvalue weighted by molar-refractivity contribution is 6.87. The minimum Gasteiger partial charge on any atom is -0.346 e. The summed E-state index contributed by atoms with van der Waals surface area (Å²) >= 11 is 0. The molecule has 15 heavy (non-hydrogen) atoms. The highest BCUT2D eigenvalue weighted by Gasteiger charge is 2.20. The highest BCUT2D eigenvalue weighted by atomic mass is 15.1. The maximum Gasteiger partial charge on any atom is 0.162 e. The fourth-order valence-electron chi connectivity index (χ4n) is 2.27. The van der Waals surface area contributed by atoms with Gasteiger partial charge in [-0.2, -0.15) is 0 Å². The van der Waals surface area contributed by atoms with Gasteiger partial charge in [0.1, 0.15) is 0 Å². The lowest BCUT2D eigenvalue weighted by atomic mass is 9.64. The Morgan fingerprint density at radius 2 is 2.20 bits per heavy atom. The second-order valence-electron chi connectivity index (χ2n) is 4.20. The third kappa shape index (κ3) is 2.86. The Hall–Kier alpha value is -0.730. The summed E-state index contributed by atoms with van der Waals surface area (Å²) in [4.78, 5) is 2.56. The van der Waals surface area contributed by atoms with Gasteiger partial charge in [0.2, 0.25) is 0 Å². The standard InChI is InChI=1S/C11H18B2N2/c12-13-15(11-6-7-14-8-11)9-10-4-2-1-3-5-10/h1-5,11,13-14H,6-9,12H2. The van der Waals surface area contributed by atoms with Crippen LogP contribution in [-0.4, -0.2) is 39.0 Å². The van der Waals surface area contributed by atoms with E-state index < -0.39 is 0 Å². The van der Waals surface area contributed by atoms with E-state index in [1.807, 2.05) is 0 Å². The van der Waals surface area contributed by atoms with Crippen LogP contribution >= 0.6 is 0 Å². The predicted octanol–water partition coefficient (Wildman–Crippen LogP) is -0.250. The molecule has 1 unspecified atom stereocenters. The molecule has 2 rings (SSSR count). The lowest BCUT2D eigenvalue weighted by molar-refractivity contribution is 0.347. The first-order chi connectivity index (χ1) is 7.40. The first kappa shape index (κ1) is 10.8. The minimum absolute atomic E-state index is 0.732. The molecule has 0 amide bonds. The van der Waals surface area contributed by atoms with Gasteiger partial charge in [-0.15, -0.1) is 0 Å². The summed E-state index contributed by atoms with van der Waals surface area (Å²) in [6.45, 7) is 3.42. The molecule has 0 spiro atoms. The summed E-state index contributed by atoms with van der Waals surface area (Å²) in [7, 11) is 3.39. The van der Waals surface area contributed by atoms with Crippen LogP contribution in [0, 0.1) is 0 Å². The van der Waals surface area contributed by atoms with E-state index in [4.69, 9.17) is 0 Å². The number of benzene rings is 1. The molecule has 1 heterocycles. The molecule has 1 aliphatic rings. The van der Waals surface area contributed by atoms with Gasteiger partial charge in [0.25, 0.3) is 0 Å². The van der Waals surface area contributed by atoms with E-state index in [0.717, 1.165) is 26.4 Å². The fourth-order valence-corrected chi connectivity index (χ4v) is 2.27. The summed E-state index contributed by atoms with van der Waals surface area (Å²) in [6.07, 6.45) is 1.29. The highest BCUT2D eigenvalue weighted by Crippen LogP contribution is 2.11. The van der Waals surface area contributed by atoms with Crippen LogP contribution in [0.15, 0.2) is 30.3 Å². The van der Waals surface area contributed by atoms with Gasteiger partial charge < -0.3 is 10.1 Å². The molecule has 1 aromatic carbocycles. The third-order valence-corrected chi connectivity index (χ3v) is 3.19. The summed E-state index contributed by atoms with van der Waals surface area (Å²) < 4.78 is 0. The Morgan fingerprint density at radius 1 is 1.40 bits per heavy atom. The van der Waals surface area contributed by atoms with Crippen molar-refractivity contribution in [1.82, 2.24) is 10.1 Å². The molecule has 1 N–H and O–H groups in total. The van der Waals surface area contributed by atoms with E-state index in [0.29, 0.717) is 0 Å². The van der Waals surface area contributed by atoms with E-state index >= 15 is 0 Å². The van der Waals surface area contributed by atoms with Gasteiger partial charge in [-0.3, -0.25) is 0 Å². The Labute approximate surface area is 93.7 Å². The molecule has 0 radical (unpaired) electrons. The van der Waals surface area contributed by atoms with Crippen LogP contribution < -0.4 is 5.32 Å². The van der Waals surface area contributed by atoms with Crippen LogP contribution in [0.5, 0.6) is 0 Å². The van der Waals surface area contributed by atoms with E-state index in [2.05, 4.69) is 48.2 Å². The van der Waals surface area contributed by atoms with Crippen LogP contribution in [0.3, 0.4) is 0 Å². The zero-order valence-corrected chi connectivity index (χ0v) is 9.45. The monoisotopic (exact) mass is 200 g/mol. The topological polar surface area (TPSA) is 15.3 Å². The SMILES string of the molecule is BBN(Cc1ccccc1)C1CCNC1. The van der Waals surface area contributed by atoms with Crippen molar-refractivity contribution in [1.29, 1.82) is 0 Å². The zero-order valence-electron chi connectivity index (χ0n) is 9.45. The molecule has 0 bridgehead atoms. The lowest BCUT2D eigenvalue weighted by Crippen LogP contribution is -2.39. The number of hydrogen-bond donors (Lipinski definition) is 1. The van der Waals surface area contributed by atoms with Crippen molar-refractivity contribution in [3.63, 3.8) is 0 Å². The predicted molar refractivity (Wildman–Crippen MR) is 69.0 cm³/mol. The molecule has 1 aromatic rings. The van der Waals surface area contributed by atoms with Gasteiger partial charge in [0.15, 0.2) is 7.31 Å². The second kappa shape index (κ2) is 5.38. The Balaban J connectivity index is 1.96. The minimum atomic E-state index is 0.732. The molecule has 0 aliphatic carbocycles. The maximum absolute atomic E-state index is 3.43. The van der Waals surface area contributed by atoms with E-state index in [-0.39, 0.29) is 0 Å². The van der Waals surface area contributed by atoms with Crippen molar-refractivity contribution in [2.45, 2.75) is 19.0 Å². The van der Waals surface area contributed by atoms with Crippen molar-refractivity contribution >= 4 is 15.0 Å². The van der Waals surface area contributed by atoms with Gasteiger partial charge in [-0.1, -0.05) is 30.3 Å². The fraction of sp³-hybridized carbons (Fsp3) is 0.455. The van der Waals surface area contributed by atoms with E-state index in [1.165, 1.54) is 18.5 Å². The summed E-state index contributed by atoms with van der Waals surface area (Å²) in [5.74, 6) is 0. The molecular weight excluding hydrogens is 182 g/mol. The molecule has 1 saturated heterocycles. The van der Waals surface area contributed by atoms with Crippen molar-refractivity contribution in [2.75, 3.05) is 13.1 Å². The van der Waals surface area contributed by atoms with Crippen LogP contribution in [0.1, 0.15) is 12.0 Å². The quantitative estimate of drug-likeness (QED) is 0.674. The number of hydrogen-bond acceptors (Lipinski definition) is 2. The van der Waals surface area contributed by atoms with E-state index in [1.54, 1.807) is 0 Å². The van der Waals surface area contributed by atoms with Crippen LogP contribution in [-0.2, 0) is 6.54 Å². The van der Waals surface area contributed by atoms with Crippen molar-refractivity contribution < 1.29 is 0 Å². The van der Waals surface area contributed by atoms with Gasteiger partial charge in [0, 0.05) is 19.1 Å². The molecule has 0 saturated carbocycles. The number of nitrogens with zero attached hydrogens (tertiary/aromatic N) is 1. The van der Waals surface area contributed by atoms with Crippen LogP contribution in [0.2, 0.25) is 0 Å². The summed E-state index contributed by atoms with van der Waals surface area (Å²) in [5, 5.41) is 3.43. The molecule has 1 aliphatic heterocycles. The second-order valence-corrected chi connectivity index (χ2v) is 4.20. The van der Waals surface area contributed by atoms with Crippen LogP contribution in [0.25, 0.3) is 0 Å². The van der Waals surface area contributed by atoms with Gasteiger partial charge in [0.05, 0.1) is 7.74 Å². The lowest BCUT2D eigenvalue weighted by Gasteiger charge is -2.27. The summed E-state index contributed by atoms with van der Waals surface area (Å²) in [5.41, 5.74) is 1.42. The molecule has 78 valence electrons. The molecule has 0 aromatic heterocycles. The number of rotatable bonds is 4. The third-order valence-electron chi connectivity index (χ3n) is 3.19. The molecule has 1 atom stereocenters. The Morgan fingerprint density at radius 3 is 2.80 bits per heavy atom. The Kier molecular flexibility index (Phi) is 3.87. The van der Waals surface area contributed by atoms with Gasteiger partial charge in [-0.05, 0) is 18.5 Å². The zero-order chi connectivity index (χ0) is 10.5. The first-order valence-electron chi connectivity index (χ1n) is 5.89.